The van der Waals surface area contributed by atoms with E-state index in [2.05, 4.69) is 41.9 Å². The average Bonchev–Trinajstić information content (AvgIpc) is 2.43. The van der Waals surface area contributed by atoms with E-state index in [9.17, 15) is 4.79 Å². The maximum Gasteiger partial charge on any atom is 0.282 e. The van der Waals surface area contributed by atoms with Gasteiger partial charge in [0, 0.05) is 17.3 Å². The van der Waals surface area contributed by atoms with Crippen molar-refractivity contribution in [2.24, 2.45) is 0 Å². The number of rotatable bonds is 3. The van der Waals surface area contributed by atoms with Gasteiger partial charge >= 0.3 is 0 Å². The first-order valence-electron chi connectivity index (χ1n) is 5.86. The van der Waals surface area contributed by atoms with Gasteiger partial charge in [-0.3, -0.25) is 9.78 Å². The lowest BCUT2D eigenvalue weighted by Gasteiger charge is -2.13. The summed E-state index contributed by atoms with van der Waals surface area (Å²) in [4.78, 5) is 16.5. The summed E-state index contributed by atoms with van der Waals surface area (Å²) in [7, 11) is 1.62. The second-order valence-corrected chi connectivity index (χ2v) is 5.96. The summed E-state index contributed by atoms with van der Waals surface area (Å²) in [5.41, 5.74) is 2.43. The summed E-state index contributed by atoms with van der Waals surface area (Å²) in [6.07, 6.45) is 3.31. The van der Waals surface area contributed by atoms with Crippen molar-refractivity contribution in [3.63, 3.8) is 0 Å². The van der Waals surface area contributed by atoms with Crippen LogP contribution < -0.4 is 10.3 Å². The normalized spacial score (nSPS) is 10.7. The molecule has 0 aliphatic rings. The van der Waals surface area contributed by atoms with Gasteiger partial charge in [-0.1, -0.05) is 0 Å². The maximum atomic E-state index is 12.1. The molecule has 0 saturated heterocycles. The van der Waals surface area contributed by atoms with Gasteiger partial charge in [0.1, 0.15) is 10.2 Å². The fraction of sp³-hybridized carbons (Fsp3) is 0.308. The Morgan fingerprint density at radius 2 is 2.00 bits per heavy atom. The van der Waals surface area contributed by atoms with E-state index in [-0.39, 0.29) is 5.56 Å². The highest BCUT2D eigenvalue weighted by atomic mass is 79.9. The van der Waals surface area contributed by atoms with Gasteiger partial charge < -0.3 is 4.74 Å². The molecule has 0 bridgehead atoms. The van der Waals surface area contributed by atoms with E-state index < -0.39 is 0 Å². The molecule has 2 aromatic heterocycles. The molecule has 0 aliphatic carbocycles. The first-order valence-corrected chi connectivity index (χ1v) is 7.44. The highest BCUT2D eigenvalue weighted by Crippen LogP contribution is 2.24. The third kappa shape index (κ3) is 2.78. The second-order valence-electron chi connectivity index (χ2n) is 4.32. The molecule has 0 atom stereocenters. The average molecular weight is 403 g/mol. The minimum absolute atomic E-state index is 0.208. The second kappa shape index (κ2) is 6.05. The lowest BCUT2D eigenvalue weighted by molar-refractivity contribution is 0.406. The molecule has 2 heterocycles. The number of methoxy groups -OCH3 is 1. The third-order valence-corrected chi connectivity index (χ3v) is 4.89. The SMILES string of the molecule is COc1c(C)cnc(Cn2ncc(Br)c(Br)c2=O)c1C. The number of aryl methyl sites for hydroxylation is 1. The Hall–Kier alpha value is -1.21. The molecule has 0 saturated carbocycles. The number of hydrogen-bond acceptors (Lipinski definition) is 4. The largest absolute Gasteiger partial charge is 0.496 e. The first-order chi connectivity index (χ1) is 9.45. The van der Waals surface area contributed by atoms with Crippen molar-refractivity contribution >= 4 is 31.9 Å². The van der Waals surface area contributed by atoms with Crippen molar-refractivity contribution in [1.29, 1.82) is 0 Å². The number of hydrogen-bond donors (Lipinski definition) is 0. The molecule has 0 N–H and O–H groups in total. The van der Waals surface area contributed by atoms with E-state index in [1.165, 1.54) is 4.68 Å². The Balaban J connectivity index is 2.46. The molecule has 0 unspecified atom stereocenters. The zero-order valence-electron chi connectivity index (χ0n) is 11.3. The molecule has 5 nitrogen and oxygen atoms in total. The van der Waals surface area contributed by atoms with Crippen LogP contribution in [0.5, 0.6) is 5.75 Å². The van der Waals surface area contributed by atoms with Crippen LogP contribution in [0.25, 0.3) is 0 Å². The van der Waals surface area contributed by atoms with Crippen LogP contribution in [0.1, 0.15) is 16.8 Å². The van der Waals surface area contributed by atoms with E-state index in [4.69, 9.17) is 4.74 Å². The molecular weight excluding hydrogens is 390 g/mol. The number of halogens is 2. The fourth-order valence-corrected chi connectivity index (χ4v) is 2.50. The maximum absolute atomic E-state index is 12.1. The van der Waals surface area contributed by atoms with Crippen molar-refractivity contribution in [3.8, 4) is 5.75 Å². The van der Waals surface area contributed by atoms with Crippen LogP contribution in [0, 0.1) is 13.8 Å². The van der Waals surface area contributed by atoms with Crippen LogP contribution in [-0.2, 0) is 6.54 Å². The van der Waals surface area contributed by atoms with Crippen LogP contribution in [0.3, 0.4) is 0 Å². The Bertz CT molecular complexity index is 713. The van der Waals surface area contributed by atoms with Crippen LogP contribution in [0.2, 0.25) is 0 Å². The topological polar surface area (TPSA) is 57.0 Å². The lowest BCUT2D eigenvalue weighted by Crippen LogP contribution is -2.25. The van der Waals surface area contributed by atoms with Gasteiger partial charge in [-0.05, 0) is 45.7 Å². The highest BCUT2D eigenvalue weighted by molar-refractivity contribution is 9.13. The molecule has 20 heavy (non-hydrogen) atoms. The minimum Gasteiger partial charge on any atom is -0.496 e. The Morgan fingerprint density at radius 1 is 1.30 bits per heavy atom. The summed E-state index contributed by atoms with van der Waals surface area (Å²) in [5, 5.41) is 4.10. The van der Waals surface area contributed by atoms with Gasteiger partial charge in [-0.2, -0.15) is 5.10 Å². The molecule has 0 aliphatic heterocycles. The molecule has 0 spiro atoms. The fourth-order valence-electron chi connectivity index (χ4n) is 1.93. The third-order valence-electron chi connectivity index (χ3n) is 2.99. The van der Waals surface area contributed by atoms with Gasteiger partial charge in [0.25, 0.3) is 5.56 Å². The number of aromatic nitrogens is 3. The molecule has 106 valence electrons. The summed E-state index contributed by atoms with van der Waals surface area (Å²) in [5.74, 6) is 0.791. The summed E-state index contributed by atoms with van der Waals surface area (Å²) >= 11 is 6.49. The quantitative estimate of drug-likeness (QED) is 0.791. The summed E-state index contributed by atoms with van der Waals surface area (Å²) in [6, 6.07) is 0. The predicted molar refractivity (Wildman–Crippen MR) is 83.3 cm³/mol. The van der Waals surface area contributed by atoms with E-state index in [1.54, 1.807) is 19.5 Å². The summed E-state index contributed by atoms with van der Waals surface area (Å²) < 4.78 is 7.80. The van der Waals surface area contributed by atoms with Crippen molar-refractivity contribution < 1.29 is 4.74 Å². The van der Waals surface area contributed by atoms with E-state index in [1.807, 2.05) is 13.8 Å². The van der Waals surface area contributed by atoms with Crippen molar-refractivity contribution in [2.75, 3.05) is 7.11 Å². The standard InChI is InChI=1S/C13H13Br2N3O2/c1-7-4-16-10(8(2)12(7)20-3)6-18-13(19)11(15)9(14)5-17-18/h4-5H,6H2,1-3H3. The van der Waals surface area contributed by atoms with Crippen molar-refractivity contribution in [1.82, 2.24) is 14.8 Å². The monoisotopic (exact) mass is 401 g/mol. The van der Waals surface area contributed by atoms with Crippen LogP contribution in [-0.4, -0.2) is 21.9 Å². The Kier molecular flexibility index (Phi) is 4.59. The molecule has 7 heteroatoms. The molecule has 0 amide bonds. The number of nitrogens with zero attached hydrogens (tertiary/aromatic N) is 3. The molecule has 2 aromatic rings. The highest BCUT2D eigenvalue weighted by Gasteiger charge is 2.12. The van der Waals surface area contributed by atoms with Gasteiger partial charge in [0.15, 0.2) is 0 Å². The van der Waals surface area contributed by atoms with Gasteiger partial charge in [-0.25, -0.2) is 4.68 Å². The van der Waals surface area contributed by atoms with Crippen molar-refractivity contribution in [3.05, 3.63) is 48.5 Å². The van der Waals surface area contributed by atoms with Gasteiger partial charge in [0.2, 0.25) is 0 Å². The van der Waals surface area contributed by atoms with Crippen molar-refractivity contribution in [2.45, 2.75) is 20.4 Å². The first kappa shape index (κ1) is 15.2. The zero-order valence-corrected chi connectivity index (χ0v) is 14.4. The zero-order chi connectivity index (χ0) is 14.9. The molecular formula is C13H13Br2N3O2. The Labute approximate surface area is 133 Å². The predicted octanol–water partition coefficient (Wildman–Crippen LogP) is 2.84. The molecule has 2 rings (SSSR count). The molecule has 0 fully saturated rings. The van der Waals surface area contributed by atoms with E-state index in [0.717, 1.165) is 22.6 Å². The van der Waals surface area contributed by atoms with Crippen LogP contribution >= 0.6 is 31.9 Å². The number of ether oxygens (including phenoxy) is 1. The molecule has 0 aromatic carbocycles. The van der Waals surface area contributed by atoms with Crippen LogP contribution in [0.4, 0.5) is 0 Å². The van der Waals surface area contributed by atoms with E-state index >= 15 is 0 Å². The van der Waals surface area contributed by atoms with E-state index in [0.29, 0.717) is 15.5 Å². The smallest absolute Gasteiger partial charge is 0.282 e. The van der Waals surface area contributed by atoms with Gasteiger partial charge in [0.05, 0.1) is 30.0 Å². The minimum atomic E-state index is -0.208. The number of pyridine rings is 1. The summed E-state index contributed by atoms with van der Waals surface area (Å²) in [6.45, 7) is 4.16. The Morgan fingerprint density at radius 3 is 2.65 bits per heavy atom. The molecule has 0 radical (unpaired) electrons. The lowest BCUT2D eigenvalue weighted by atomic mass is 10.1. The van der Waals surface area contributed by atoms with Crippen LogP contribution in [0.15, 0.2) is 26.1 Å². The van der Waals surface area contributed by atoms with Gasteiger partial charge in [-0.15, -0.1) is 0 Å².